The highest BCUT2D eigenvalue weighted by Gasteiger charge is 2.45. The van der Waals surface area contributed by atoms with Crippen LogP contribution in [0.1, 0.15) is 35.4 Å². The first kappa shape index (κ1) is 15.9. The number of carboxylic acid groups (broad SMARTS) is 1. The van der Waals surface area contributed by atoms with Gasteiger partial charge in [-0.15, -0.1) is 11.3 Å². The Hall–Kier alpha value is -1.45. The summed E-state index contributed by atoms with van der Waals surface area (Å²) in [6.45, 7) is 0. The highest BCUT2D eigenvalue weighted by atomic mass is 32.2. The van der Waals surface area contributed by atoms with Crippen molar-refractivity contribution < 1.29 is 27.9 Å². The van der Waals surface area contributed by atoms with Gasteiger partial charge >= 0.3 is 11.9 Å². The molecule has 1 aromatic rings. The van der Waals surface area contributed by atoms with Gasteiger partial charge in [0.1, 0.15) is 15.3 Å². The van der Waals surface area contributed by atoms with E-state index in [2.05, 4.69) is 9.46 Å². The molecule has 9 heteroatoms. The van der Waals surface area contributed by atoms with Crippen molar-refractivity contribution in [3.05, 3.63) is 16.3 Å². The maximum atomic E-state index is 12.4. The lowest BCUT2D eigenvalue weighted by Crippen LogP contribution is -2.52. The molecule has 0 atom stereocenters. The Bertz CT molecular complexity index is 657. The van der Waals surface area contributed by atoms with Crippen LogP contribution in [0, 0.1) is 0 Å². The van der Waals surface area contributed by atoms with Crippen molar-refractivity contribution in [3.8, 4) is 0 Å². The van der Waals surface area contributed by atoms with E-state index < -0.39 is 27.5 Å². The minimum absolute atomic E-state index is 0.0662. The topological polar surface area (TPSA) is 110 Å². The van der Waals surface area contributed by atoms with Gasteiger partial charge in [0.2, 0.25) is 10.0 Å². The molecule has 0 radical (unpaired) electrons. The standard InChI is InChI=1S/C12H15NO6S2/c1-19-10(14)9-8(4-7-20-9)21(17,18)13-12(11(15)16)5-2-3-6-12/h4,7,13H,2-3,5-6H2,1H3,(H,15,16). The van der Waals surface area contributed by atoms with Crippen LogP contribution >= 0.6 is 11.3 Å². The molecule has 0 aliphatic heterocycles. The zero-order chi connectivity index (χ0) is 15.7. The number of nitrogens with one attached hydrogen (secondary N) is 1. The van der Waals surface area contributed by atoms with Gasteiger partial charge in [0.15, 0.2) is 0 Å². The van der Waals surface area contributed by atoms with E-state index in [1.807, 2.05) is 0 Å². The molecule has 0 unspecified atom stereocenters. The van der Waals surface area contributed by atoms with Crippen molar-refractivity contribution in [3.63, 3.8) is 0 Å². The molecule has 0 spiro atoms. The van der Waals surface area contributed by atoms with Gasteiger partial charge in [-0.1, -0.05) is 12.8 Å². The molecule has 1 heterocycles. The van der Waals surface area contributed by atoms with E-state index in [0.29, 0.717) is 12.8 Å². The second-order valence-electron chi connectivity index (χ2n) is 4.81. The number of carboxylic acids is 1. The first-order valence-corrected chi connectivity index (χ1v) is 8.62. The third-order valence-corrected chi connectivity index (χ3v) is 6.09. The fraction of sp³-hybridized carbons (Fsp3) is 0.500. The minimum Gasteiger partial charge on any atom is -0.480 e. The van der Waals surface area contributed by atoms with Crippen LogP contribution in [-0.4, -0.2) is 38.1 Å². The molecule has 1 aliphatic carbocycles. The number of methoxy groups -OCH3 is 1. The molecular formula is C12H15NO6S2. The van der Waals surface area contributed by atoms with E-state index in [4.69, 9.17) is 0 Å². The van der Waals surface area contributed by atoms with Crippen LogP contribution < -0.4 is 4.72 Å². The van der Waals surface area contributed by atoms with Gasteiger partial charge in [-0.25, -0.2) is 13.2 Å². The van der Waals surface area contributed by atoms with Gasteiger partial charge in [-0.3, -0.25) is 4.79 Å². The fourth-order valence-corrected chi connectivity index (χ4v) is 5.15. The Balaban J connectivity index is 2.37. The van der Waals surface area contributed by atoms with Crippen LogP contribution in [0.5, 0.6) is 0 Å². The molecule has 1 aromatic heterocycles. The quantitative estimate of drug-likeness (QED) is 0.784. The Morgan fingerprint density at radius 2 is 2.00 bits per heavy atom. The number of sulfonamides is 1. The molecule has 1 aliphatic rings. The number of carbonyl (C=O) groups is 2. The van der Waals surface area contributed by atoms with Gasteiger partial charge in [0.25, 0.3) is 0 Å². The number of aliphatic carboxylic acids is 1. The number of hydrogen-bond donors (Lipinski definition) is 2. The molecule has 1 saturated carbocycles. The van der Waals surface area contributed by atoms with Gasteiger partial charge in [0, 0.05) is 0 Å². The second kappa shape index (κ2) is 5.74. The van der Waals surface area contributed by atoms with E-state index in [1.54, 1.807) is 0 Å². The normalized spacial score (nSPS) is 17.6. The lowest BCUT2D eigenvalue weighted by atomic mass is 10.0. The highest BCUT2D eigenvalue weighted by molar-refractivity contribution is 7.89. The van der Waals surface area contributed by atoms with Crippen molar-refractivity contribution in [2.24, 2.45) is 0 Å². The average Bonchev–Trinajstić information content (AvgIpc) is 3.06. The summed E-state index contributed by atoms with van der Waals surface area (Å²) in [5.41, 5.74) is -1.49. The van der Waals surface area contributed by atoms with Crippen molar-refractivity contribution >= 4 is 33.3 Å². The molecule has 7 nitrogen and oxygen atoms in total. The Morgan fingerprint density at radius 3 is 2.52 bits per heavy atom. The van der Waals surface area contributed by atoms with Gasteiger partial charge in [-0.05, 0) is 24.3 Å². The van der Waals surface area contributed by atoms with Gasteiger partial charge < -0.3 is 9.84 Å². The lowest BCUT2D eigenvalue weighted by Gasteiger charge is -2.24. The molecule has 21 heavy (non-hydrogen) atoms. The summed E-state index contributed by atoms with van der Waals surface area (Å²) in [4.78, 5) is 22.7. The summed E-state index contributed by atoms with van der Waals surface area (Å²) < 4.78 is 31.6. The maximum Gasteiger partial charge on any atom is 0.349 e. The molecule has 0 aromatic carbocycles. The summed E-state index contributed by atoms with van der Waals surface area (Å²) in [6.07, 6.45) is 1.75. The zero-order valence-electron chi connectivity index (χ0n) is 11.3. The summed E-state index contributed by atoms with van der Waals surface area (Å²) in [5.74, 6) is -1.96. The largest absolute Gasteiger partial charge is 0.480 e. The number of ether oxygens (including phenoxy) is 1. The van der Waals surface area contributed by atoms with E-state index >= 15 is 0 Å². The third kappa shape index (κ3) is 2.94. The van der Waals surface area contributed by atoms with Crippen LogP contribution in [0.25, 0.3) is 0 Å². The summed E-state index contributed by atoms with van der Waals surface area (Å²) >= 11 is 0.933. The molecule has 2 rings (SSSR count). The second-order valence-corrected chi connectivity index (χ2v) is 7.37. The Labute approximate surface area is 126 Å². The first-order chi connectivity index (χ1) is 9.82. The minimum atomic E-state index is -4.11. The van der Waals surface area contributed by atoms with Crippen molar-refractivity contribution in [2.75, 3.05) is 7.11 Å². The van der Waals surface area contributed by atoms with E-state index in [1.165, 1.54) is 11.4 Å². The van der Waals surface area contributed by atoms with Crippen molar-refractivity contribution in [1.82, 2.24) is 4.72 Å². The SMILES string of the molecule is COC(=O)c1sccc1S(=O)(=O)NC1(C(=O)O)CCCC1. The number of hydrogen-bond acceptors (Lipinski definition) is 6. The lowest BCUT2D eigenvalue weighted by molar-refractivity contribution is -0.143. The fourth-order valence-electron chi connectivity index (χ4n) is 2.40. The van der Waals surface area contributed by atoms with Gasteiger partial charge in [-0.2, -0.15) is 4.72 Å². The van der Waals surface area contributed by atoms with Crippen LogP contribution in [0.3, 0.4) is 0 Å². The molecular weight excluding hydrogens is 318 g/mol. The van der Waals surface area contributed by atoms with Crippen molar-refractivity contribution in [2.45, 2.75) is 36.1 Å². The van der Waals surface area contributed by atoms with E-state index in [9.17, 15) is 23.1 Å². The smallest absolute Gasteiger partial charge is 0.349 e. The van der Waals surface area contributed by atoms with Crippen molar-refractivity contribution in [1.29, 1.82) is 0 Å². The number of esters is 1. The molecule has 1 fully saturated rings. The molecule has 2 N–H and O–H groups in total. The van der Waals surface area contributed by atoms with Crippen LogP contribution in [-0.2, 0) is 19.6 Å². The predicted octanol–water partition coefficient (Wildman–Crippen LogP) is 1.21. The molecule has 0 bridgehead atoms. The third-order valence-electron chi connectivity index (χ3n) is 3.49. The number of carbonyl (C=O) groups excluding carboxylic acids is 1. The summed E-state index contributed by atoms with van der Waals surface area (Å²) in [6, 6.07) is 1.27. The summed E-state index contributed by atoms with van der Waals surface area (Å²) in [7, 11) is -2.96. The number of thiophene rings is 1. The Morgan fingerprint density at radius 1 is 1.38 bits per heavy atom. The van der Waals surface area contributed by atoms with E-state index in [-0.39, 0.29) is 22.6 Å². The Kier molecular flexibility index (Phi) is 4.35. The highest BCUT2D eigenvalue weighted by Crippen LogP contribution is 2.33. The monoisotopic (exact) mass is 333 g/mol. The van der Waals surface area contributed by atoms with Crippen LogP contribution in [0.2, 0.25) is 0 Å². The van der Waals surface area contributed by atoms with E-state index in [0.717, 1.165) is 18.4 Å². The first-order valence-electron chi connectivity index (χ1n) is 6.25. The molecule has 116 valence electrons. The van der Waals surface area contributed by atoms with Gasteiger partial charge in [0.05, 0.1) is 7.11 Å². The predicted molar refractivity (Wildman–Crippen MR) is 74.8 cm³/mol. The van der Waals surface area contributed by atoms with Crippen LogP contribution in [0.4, 0.5) is 0 Å². The van der Waals surface area contributed by atoms with Crippen LogP contribution in [0.15, 0.2) is 16.3 Å². The number of rotatable bonds is 5. The zero-order valence-corrected chi connectivity index (χ0v) is 12.9. The average molecular weight is 333 g/mol. The summed E-state index contributed by atoms with van der Waals surface area (Å²) in [5, 5.41) is 10.8. The maximum absolute atomic E-state index is 12.4. The molecule has 0 saturated heterocycles. The molecule has 0 amide bonds.